The molecule has 0 aromatic heterocycles. The van der Waals surface area contributed by atoms with Gasteiger partial charge in [-0.15, -0.1) is 0 Å². The van der Waals surface area contributed by atoms with Crippen LogP contribution in [0.2, 0.25) is 0 Å². The van der Waals surface area contributed by atoms with Crippen molar-refractivity contribution in [2.45, 2.75) is 57.7 Å². The maximum atomic E-state index is 6.26. The van der Waals surface area contributed by atoms with Gasteiger partial charge in [0.15, 0.2) is 0 Å². The largest absolute Gasteiger partial charge is 0.369 e. The van der Waals surface area contributed by atoms with Gasteiger partial charge in [-0.1, -0.05) is 49.9 Å². The van der Waals surface area contributed by atoms with Crippen LogP contribution in [0.1, 0.15) is 55.8 Å². The van der Waals surface area contributed by atoms with E-state index in [0.29, 0.717) is 12.6 Å². The summed E-state index contributed by atoms with van der Waals surface area (Å²) < 4.78 is 6.26. The van der Waals surface area contributed by atoms with Crippen molar-refractivity contribution in [3.05, 3.63) is 35.4 Å². The van der Waals surface area contributed by atoms with Gasteiger partial charge in [0, 0.05) is 6.54 Å². The number of aryl methyl sites for hydroxylation is 1. The van der Waals surface area contributed by atoms with Crippen LogP contribution in [0.3, 0.4) is 0 Å². The van der Waals surface area contributed by atoms with Crippen LogP contribution in [0.5, 0.6) is 0 Å². The summed E-state index contributed by atoms with van der Waals surface area (Å²) in [5.41, 5.74) is 8.44. The minimum Gasteiger partial charge on any atom is -0.369 e. The van der Waals surface area contributed by atoms with Crippen LogP contribution in [0, 0.1) is 6.92 Å². The molecule has 0 spiro atoms. The molecule has 0 heterocycles. The van der Waals surface area contributed by atoms with Gasteiger partial charge >= 0.3 is 0 Å². The molecule has 1 unspecified atom stereocenters. The minimum atomic E-state index is 0.0642. The van der Waals surface area contributed by atoms with E-state index >= 15 is 0 Å². The maximum Gasteiger partial charge on any atom is 0.0953 e. The molecule has 1 aromatic rings. The third kappa shape index (κ3) is 3.56. The fraction of sp³-hybridized carbons (Fsp3) is 0.625. The van der Waals surface area contributed by atoms with Gasteiger partial charge in [-0.2, -0.15) is 0 Å². The minimum absolute atomic E-state index is 0.0642. The zero-order chi connectivity index (χ0) is 12.8. The quantitative estimate of drug-likeness (QED) is 0.823. The van der Waals surface area contributed by atoms with E-state index in [9.17, 15) is 0 Å². The summed E-state index contributed by atoms with van der Waals surface area (Å²) in [5, 5.41) is 0. The van der Waals surface area contributed by atoms with Gasteiger partial charge in [0.2, 0.25) is 0 Å². The summed E-state index contributed by atoms with van der Waals surface area (Å²) in [5.74, 6) is 0. The summed E-state index contributed by atoms with van der Waals surface area (Å²) in [6.45, 7) is 2.70. The van der Waals surface area contributed by atoms with E-state index in [-0.39, 0.29) is 6.10 Å². The monoisotopic (exact) mass is 247 g/mol. The molecule has 1 aliphatic carbocycles. The highest BCUT2D eigenvalue weighted by Gasteiger charge is 2.19. The average molecular weight is 247 g/mol. The molecule has 2 N–H and O–H groups in total. The smallest absolute Gasteiger partial charge is 0.0953 e. The fourth-order valence-corrected chi connectivity index (χ4v) is 2.81. The van der Waals surface area contributed by atoms with Crippen LogP contribution in [0.4, 0.5) is 0 Å². The molecule has 1 aliphatic rings. The van der Waals surface area contributed by atoms with Crippen molar-refractivity contribution >= 4 is 0 Å². The first-order valence-electron chi connectivity index (χ1n) is 7.22. The van der Waals surface area contributed by atoms with Gasteiger partial charge in [-0.05, 0) is 30.9 Å². The second kappa shape index (κ2) is 6.91. The van der Waals surface area contributed by atoms with Gasteiger partial charge in [-0.3, -0.25) is 0 Å². The van der Waals surface area contributed by atoms with Crippen LogP contribution in [0.15, 0.2) is 24.3 Å². The van der Waals surface area contributed by atoms with Crippen LogP contribution in [-0.4, -0.2) is 12.6 Å². The molecule has 100 valence electrons. The Balaban J connectivity index is 2.02. The molecular weight excluding hydrogens is 222 g/mol. The highest BCUT2D eigenvalue weighted by atomic mass is 16.5. The Bertz CT molecular complexity index is 356. The predicted octanol–water partition coefficient (Wildman–Crippen LogP) is 3.73. The summed E-state index contributed by atoms with van der Waals surface area (Å²) in [7, 11) is 0. The Morgan fingerprint density at radius 3 is 2.44 bits per heavy atom. The lowest BCUT2D eigenvalue weighted by Crippen LogP contribution is -2.23. The molecule has 1 saturated carbocycles. The number of rotatable bonds is 4. The maximum absolute atomic E-state index is 6.26. The van der Waals surface area contributed by atoms with Gasteiger partial charge < -0.3 is 10.5 Å². The third-order valence-corrected chi connectivity index (χ3v) is 3.91. The van der Waals surface area contributed by atoms with Gasteiger partial charge in [-0.25, -0.2) is 0 Å². The Labute approximate surface area is 111 Å². The van der Waals surface area contributed by atoms with Crippen molar-refractivity contribution in [3.8, 4) is 0 Å². The van der Waals surface area contributed by atoms with E-state index in [2.05, 4.69) is 31.2 Å². The highest BCUT2D eigenvalue weighted by Crippen LogP contribution is 2.27. The zero-order valence-corrected chi connectivity index (χ0v) is 11.4. The lowest BCUT2D eigenvalue weighted by Gasteiger charge is -2.24. The Morgan fingerprint density at radius 1 is 1.17 bits per heavy atom. The van der Waals surface area contributed by atoms with Crippen LogP contribution >= 0.6 is 0 Å². The predicted molar refractivity (Wildman–Crippen MR) is 75.5 cm³/mol. The summed E-state index contributed by atoms with van der Waals surface area (Å²) in [4.78, 5) is 0. The first-order chi connectivity index (χ1) is 8.81. The van der Waals surface area contributed by atoms with Crippen molar-refractivity contribution in [1.82, 2.24) is 0 Å². The van der Waals surface area contributed by atoms with Crippen molar-refractivity contribution in [2.24, 2.45) is 5.73 Å². The van der Waals surface area contributed by atoms with Crippen molar-refractivity contribution in [2.75, 3.05) is 6.54 Å². The van der Waals surface area contributed by atoms with Gasteiger partial charge in [0.05, 0.1) is 12.2 Å². The Hall–Kier alpha value is -0.860. The fourth-order valence-electron chi connectivity index (χ4n) is 2.81. The van der Waals surface area contributed by atoms with Crippen molar-refractivity contribution in [3.63, 3.8) is 0 Å². The summed E-state index contributed by atoms with van der Waals surface area (Å²) >= 11 is 0. The highest BCUT2D eigenvalue weighted by molar-refractivity contribution is 5.28. The van der Waals surface area contributed by atoms with E-state index in [0.717, 1.165) is 0 Å². The van der Waals surface area contributed by atoms with Crippen molar-refractivity contribution in [1.29, 1.82) is 0 Å². The molecule has 0 aliphatic heterocycles. The molecule has 2 nitrogen and oxygen atoms in total. The van der Waals surface area contributed by atoms with Crippen molar-refractivity contribution < 1.29 is 4.74 Å². The number of nitrogens with two attached hydrogens (primary N) is 1. The van der Waals surface area contributed by atoms with Gasteiger partial charge in [0.25, 0.3) is 0 Å². The molecule has 0 amide bonds. The van der Waals surface area contributed by atoms with Crippen LogP contribution < -0.4 is 5.73 Å². The summed E-state index contributed by atoms with van der Waals surface area (Å²) in [6.07, 6.45) is 8.18. The lowest BCUT2D eigenvalue weighted by atomic mass is 10.0. The molecule has 2 rings (SSSR count). The molecule has 2 heteroatoms. The molecule has 1 atom stereocenters. The first kappa shape index (κ1) is 13.6. The first-order valence-corrected chi connectivity index (χ1v) is 7.22. The zero-order valence-electron chi connectivity index (χ0n) is 11.4. The number of hydrogen-bond acceptors (Lipinski definition) is 2. The molecule has 0 saturated heterocycles. The van der Waals surface area contributed by atoms with E-state index in [1.165, 1.54) is 49.7 Å². The van der Waals surface area contributed by atoms with E-state index in [1.807, 2.05) is 0 Å². The average Bonchev–Trinajstić information content (AvgIpc) is 2.65. The number of benzene rings is 1. The van der Waals surface area contributed by atoms with E-state index in [4.69, 9.17) is 10.5 Å². The van der Waals surface area contributed by atoms with Crippen LogP contribution in [-0.2, 0) is 4.74 Å². The molecule has 0 bridgehead atoms. The number of hydrogen-bond donors (Lipinski definition) is 1. The summed E-state index contributed by atoms with van der Waals surface area (Å²) in [6, 6.07) is 8.41. The Kier molecular flexibility index (Phi) is 5.21. The van der Waals surface area contributed by atoms with E-state index in [1.54, 1.807) is 0 Å². The topological polar surface area (TPSA) is 35.2 Å². The molecule has 0 radical (unpaired) electrons. The molecule has 18 heavy (non-hydrogen) atoms. The normalized spacial score (nSPS) is 19.4. The van der Waals surface area contributed by atoms with E-state index < -0.39 is 0 Å². The third-order valence-electron chi connectivity index (χ3n) is 3.91. The lowest BCUT2D eigenvalue weighted by molar-refractivity contribution is -0.0163. The Morgan fingerprint density at radius 2 is 1.83 bits per heavy atom. The SMILES string of the molecule is Cc1ccccc1C(CN)OC1CCCCCC1. The van der Waals surface area contributed by atoms with Crippen LogP contribution in [0.25, 0.3) is 0 Å². The second-order valence-electron chi connectivity index (χ2n) is 5.33. The molecule has 1 aromatic carbocycles. The second-order valence-corrected chi connectivity index (χ2v) is 5.33. The molecule has 1 fully saturated rings. The van der Waals surface area contributed by atoms with Gasteiger partial charge in [0.1, 0.15) is 0 Å². The molecular formula is C16H25NO. The standard InChI is InChI=1S/C16H25NO/c1-13-8-6-7-11-15(13)16(12-17)18-14-9-4-2-3-5-10-14/h6-8,11,14,16H,2-5,9-10,12,17H2,1H3. The number of ether oxygens (including phenoxy) is 1.